The lowest BCUT2D eigenvalue weighted by Gasteiger charge is -2.07. The number of esters is 1. The average molecular weight is 340 g/mol. The van der Waals surface area contributed by atoms with E-state index in [0.717, 1.165) is 10.5 Å². The number of nitriles is 1. The van der Waals surface area contributed by atoms with E-state index in [0.29, 0.717) is 11.3 Å². The van der Waals surface area contributed by atoms with Gasteiger partial charge in [0.15, 0.2) is 6.61 Å². The predicted molar refractivity (Wildman–Crippen MR) is 92.6 cm³/mol. The van der Waals surface area contributed by atoms with Crippen LogP contribution in [0.3, 0.4) is 0 Å². The van der Waals surface area contributed by atoms with Crippen molar-refractivity contribution >= 4 is 29.3 Å². The number of carbonyl (C=O) groups is 2. The Morgan fingerprint density at radius 1 is 1.17 bits per heavy atom. The van der Waals surface area contributed by atoms with Gasteiger partial charge in [0.05, 0.1) is 17.4 Å². The molecular weight excluding hydrogens is 324 g/mol. The van der Waals surface area contributed by atoms with Crippen LogP contribution in [-0.4, -0.2) is 24.2 Å². The van der Waals surface area contributed by atoms with Crippen molar-refractivity contribution in [3.8, 4) is 6.07 Å². The third-order valence-corrected chi connectivity index (χ3v) is 4.25. The van der Waals surface area contributed by atoms with Gasteiger partial charge in [-0.05, 0) is 42.8 Å². The fourth-order valence-electron chi connectivity index (χ4n) is 1.87. The van der Waals surface area contributed by atoms with Crippen molar-refractivity contribution < 1.29 is 14.3 Å². The van der Waals surface area contributed by atoms with Gasteiger partial charge in [-0.3, -0.25) is 9.59 Å². The molecule has 2 aromatic carbocycles. The first-order valence-corrected chi connectivity index (χ1v) is 8.21. The monoisotopic (exact) mass is 340 g/mol. The highest BCUT2D eigenvalue weighted by Gasteiger charge is 2.09. The minimum absolute atomic E-state index is 0.148. The zero-order valence-corrected chi connectivity index (χ0v) is 13.9. The van der Waals surface area contributed by atoms with E-state index in [1.807, 2.05) is 37.3 Å². The van der Waals surface area contributed by atoms with Gasteiger partial charge in [-0.1, -0.05) is 18.2 Å². The normalized spacial score (nSPS) is 9.83. The molecule has 0 aliphatic rings. The first-order valence-electron chi connectivity index (χ1n) is 7.22. The molecule has 0 saturated heterocycles. The zero-order chi connectivity index (χ0) is 17.4. The molecule has 2 rings (SSSR count). The number of thioether (sulfide) groups is 1. The Labute approximate surface area is 144 Å². The van der Waals surface area contributed by atoms with Crippen LogP contribution in [0.15, 0.2) is 53.4 Å². The number of rotatable bonds is 6. The Bertz CT molecular complexity index is 767. The Morgan fingerprint density at radius 3 is 2.54 bits per heavy atom. The van der Waals surface area contributed by atoms with Crippen molar-refractivity contribution in [2.75, 3.05) is 17.7 Å². The van der Waals surface area contributed by atoms with Crippen LogP contribution < -0.4 is 5.32 Å². The number of ether oxygens (including phenoxy) is 1. The molecule has 0 radical (unpaired) electrons. The molecule has 0 fully saturated rings. The largest absolute Gasteiger partial charge is 0.455 e. The van der Waals surface area contributed by atoms with Crippen LogP contribution in [0.5, 0.6) is 0 Å². The van der Waals surface area contributed by atoms with Crippen molar-refractivity contribution in [3.63, 3.8) is 0 Å². The molecule has 0 unspecified atom stereocenters. The summed E-state index contributed by atoms with van der Waals surface area (Å²) in [5.74, 6) is -0.721. The molecule has 0 aliphatic heterocycles. The van der Waals surface area contributed by atoms with Gasteiger partial charge in [-0.2, -0.15) is 5.26 Å². The third kappa shape index (κ3) is 5.45. The van der Waals surface area contributed by atoms with Crippen molar-refractivity contribution in [2.45, 2.75) is 11.8 Å². The summed E-state index contributed by atoms with van der Waals surface area (Å²) in [5, 5.41) is 11.3. The summed E-state index contributed by atoms with van der Waals surface area (Å²) in [7, 11) is 0. The van der Waals surface area contributed by atoms with Gasteiger partial charge in [0.2, 0.25) is 0 Å². The zero-order valence-electron chi connectivity index (χ0n) is 13.1. The molecule has 0 saturated carbocycles. The first kappa shape index (κ1) is 17.6. The summed E-state index contributed by atoms with van der Waals surface area (Å²) >= 11 is 1.38. The molecular formula is C18H16N2O3S. The second-order valence-corrected chi connectivity index (χ2v) is 5.97. The van der Waals surface area contributed by atoms with E-state index in [-0.39, 0.29) is 12.4 Å². The Kier molecular flexibility index (Phi) is 6.41. The third-order valence-electron chi connectivity index (χ3n) is 3.10. The second-order valence-electron chi connectivity index (χ2n) is 4.95. The molecule has 0 aromatic heterocycles. The maximum atomic E-state index is 11.7. The molecule has 122 valence electrons. The molecule has 0 aliphatic carbocycles. The number of aryl methyl sites for hydroxylation is 1. The maximum Gasteiger partial charge on any atom is 0.316 e. The summed E-state index contributed by atoms with van der Waals surface area (Å²) in [5.41, 5.74) is 2.14. The van der Waals surface area contributed by atoms with Gasteiger partial charge in [-0.25, -0.2) is 0 Å². The summed E-state index contributed by atoms with van der Waals surface area (Å²) < 4.78 is 4.96. The second kappa shape index (κ2) is 8.75. The fraction of sp³-hybridized carbons (Fsp3) is 0.167. The van der Waals surface area contributed by atoms with Crippen molar-refractivity contribution in [1.29, 1.82) is 5.26 Å². The summed E-state index contributed by atoms with van der Waals surface area (Å²) in [6.45, 7) is 1.63. The lowest BCUT2D eigenvalue weighted by atomic mass is 10.2. The lowest BCUT2D eigenvalue weighted by Crippen LogP contribution is -2.21. The molecule has 24 heavy (non-hydrogen) atoms. The molecule has 2 aromatic rings. The van der Waals surface area contributed by atoms with Crippen molar-refractivity contribution in [1.82, 2.24) is 0 Å². The van der Waals surface area contributed by atoms with Gasteiger partial charge in [0.25, 0.3) is 5.91 Å². The molecule has 0 bridgehead atoms. The Balaban J connectivity index is 1.73. The van der Waals surface area contributed by atoms with Crippen LogP contribution in [0.2, 0.25) is 0 Å². The van der Waals surface area contributed by atoms with E-state index in [1.165, 1.54) is 11.8 Å². The highest BCUT2D eigenvalue weighted by molar-refractivity contribution is 8.00. The number of nitrogens with zero attached hydrogens (tertiary/aromatic N) is 1. The van der Waals surface area contributed by atoms with Gasteiger partial charge in [0.1, 0.15) is 0 Å². The van der Waals surface area contributed by atoms with Crippen LogP contribution in [0.4, 0.5) is 5.69 Å². The molecule has 6 heteroatoms. The summed E-state index contributed by atoms with van der Waals surface area (Å²) in [6.07, 6.45) is 0. The van der Waals surface area contributed by atoms with E-state index in [1.54, 1.807) is 24.3 Å². The van der Waals surface area contributed by atoms with Crippen molar-refractivity contribution in [3.05, 3.63) is 59.7 Å². The number of hydrogen-bond donors (Lipinski definition) is 1. The highest BCUT2D eigenvalue weighted by Crippen LogP contribution is 2.21. The predicted octanol–water partition coefficient (Wildman–Crippen LogP) is 3.14. The van der Waals surface area contributed by atoms with Crippen LogP contribution >= 0.6 is 11.8 Å². The lowest BCUT2D eigenvalue weighted by molar-refractivity contribution is -0.144. The van der Waals surface area contributed by atoms with Crippen LogP contribution in [0, 0.1) is 18.3 Å². The smallest absolute Gasteiger partial charge is 0.316 e. The average Bonchev–Trinajstić information content (AvgIpc) is 2.60. The highest BCUT2D eigenvalue weighted by atomic mass is 32.2. The Hall–Kier alpha value is -2.78. The van der Waals surface area contributed by atoms with Gasteiger partial charge in [0, 0.05) is 10.6 Å². The minimum Gasteiger partial charge on any atom is -0.455 e. The quantitative estimate of drug-likeness (QED) is 0.645. The number of benzene rings is 2. The van der Waals surface area contributed by atoms with Crippen molar-refractivity contribution in [2.24, 2.45) is 0 Å². The van der Waals surface area contributed by atoms with Gasteiger partial charge in [-0.15, -0.1) is 11.8 Å². The van der Waals surface area contributed by atoms with E-state index in [9.17, 15) is 9.59 Å². The van der Waals surface area contributed by atoms with Crippen LogP contribution in [-0.2, 0) is 14.3 Å². The number of hydrogen-bond acceptors (Lipinski definition) is 5. The van der Waals surface area contributed by atoms with E-state index >= 15 is 0 Å². The number of anilines is 1. The number of amides is 1. The molecule has 5 nitrogen and oxygen atoms in total. The molecule has 0 atom stereocenters. The minimum atomic E-state index is -0.446. The standard InChI is InChI=1S/C18H16N2O3S/c1-13-4-2-3-5-16(13)24-12-18(22)23-11-17(21)20-15-8-6-14(10-19)7-9-15/h2-9H,11-12H2,1H3,(H,20,21). The van der Waals surface area contributed by atoms with Gasteiger partial charge >= 0.3 is 5.97 Å². The van der Waals surface area contributed by atoms with E-state index in [2.05, 4.69) is 5.32 Å². The fourth-order valence-corrected chi connectivity index (χ4v) is 2.70. The van der Waals surface area contributed by atoms with Gasteiger partial charge < -0.3 is 10.1 Å². The van der Waals surface area contributed by atoms with E-state index < -0.39 is 11.9 Å². The topological polar surface area (TPSA) is 79.2 Å². The van der Waals surface area contributed by atoms with Crippen LogP contribution in [0.25, 0.3) is 0 Å². The molecule has 1 amide bonds. The number of nitrogens with one attached hydrogen (secondary N) is 1. The number of carbonyl (C=O) groups excluding carboxylic acids is 2. The molecule has 0 heterocycles. The Morgan fingerprint density at radius 2 is 1.88 bits per heavy atom. The molecule has 1 N–H and O–H groups in total. The maximum absolute atomic E-state index is 11.7. The first-order chi connectivity index (χ1) is 11.6. The molecule has 0 spiro atoms. The van der Waals surface area contributed by atoms with E-state index in [4.69, 9.17) is 10.00 Å². The SMILES string of the molecule is Cc1ccccc1SCC(=O)OCC(=O)Nc1ccc(C#N)cc1. The summed E-state index contributed by atoms with van der Waals surface area (Å²) in [6, 6.07) is 16.2. The van der Waals surface area contributed by atoms with Crippen LogP contribution in [0.1, 0.15) is 11.1 Å². The summed E-state index contributed by atoms with van der Waals surface area (Å²) in [4.78, 5) is 24.5.